The van der Waals surface area contributed by atoms with E-state index in [1.807, 2.05) is 55.5 Å². The van der Waals surface area contributed by atoms with Crippen molar-refractivity contribution < 1.29 is 14.6 Å². The maximum atomic E-state index is 12.7. The van der Waals surface area contributed by atoms with Gasteiger partial charge in [0.1, 0.15) is 5.75 Å². The fourth-order valence-electron chi connectivity index (χ4n) is 4.02. The largest absolute Gasteiger partial charge is 0.494 e. The number of amides is 1. The number of hydrogen-bond donors (Lipinski definition) is 3. The van der Waals surface area contributed by atoms with Crippen LogP contribution in [0.4, 0.5) is 11.4 Å². The highest BCUT2D eigenvalue weighted by atomic mass is 35.5. The first-order valence-electron chi connectivity index (χ1n) is 11.6. The molecule has 0 bridgehead atoms. The van der Waals surface area contributed by atoms with Crippen LogP contribution in [0.5, 0.6) is 5.75 Å². The Morgan fingerprint density at radius 1 is 1.09 bits per heavy atom. The molecule has 6 heteroatoms. The molecule has 0 fully saturated rings. The van der Waals surface area contributed by atoms with Gasteiger partial charge in [0.25, 0.3) is 0 Å². The molecule has 1 amide bonds. The van der Waals surface area contributed by atoms with E-state index in [1.165, 1.54) is 11.6 Å². The van der Waals surface area contributed by atoms with Gasteiger partial charge in [0.05, 0.1) is 12.7 Å². The third-order valence-electron chi connectivity index (χ3n) is 5.75. The molecule has 0 saturated heterocycles. The first-order valence-corrected chi connectivity index (χ1v) is 11.6. The van der Waals surface area contributed by atoms with Crippen LogP contribution in [0.1, 0.15) is 29.2 Å². The van der Waals surface area contributed by atoms with E-state index in [-0.39, 0.29) is 18.3 Å². The summed E-state index contributed by atoms with van der Waals surface area (Å²) >= 11 is 0. The van der Waals surface area contributed by atoms with E-state index in [9.17, 15) is 9.90 Å². The van der Waals surface area contributed by atoms with Gasteiger partial charge in [0.2, 0.25) is 5.91 Å². The van der Waals surface area contributed by atoms with Crippen LogP contribution >= 0.6 is 12.4 Å². The minimum atomic E-state index is -0.463. The highest BCUT2D eigenvalue weighted by Gasteiger charge is 2.19. The fourth-order valence-corrected chi connectivity index (χ4v) is 4.02. The lowest BCUT2D eigenvalue weighted by molar-refractivity contribution is -0.111. The van der Waals surface area contributed by atoms with Gasteiger partial charge in [-0.05, 0) is 54.8 Å². The van der Waals surface area contributed by atoms with Gasteiger partial charge >= 0.3 is 0 Å². The van der Waals surface area contributed by atoms with Crippen molar-refractivity contribution >= 4 is 35.3 Å². The number of carbonyl (C=O) groups excluding carboxylic acids is 1. The average Bonchev–Trinajstić information content (AvgIpc) is 2.84. The van der Waals surface area contributed by atoms with E-state index < -0.39 is 6.10 Å². The zero-order chi connectivity index (χ0) is 23.9. The summed E-state index contributed by atoms with van der Waals surface area (Å²) in [6.07, 6.45) is 5.29. The van der Waals surface area contributed by atoms with Crippen molar-refractivity contribution in [1.82, 2.24) is 0 Å². The van der Waals surface area contributed by atoms with E-state index in [0.717, 1.165) is 33.7 Å². The third-order valence-corrected chi connectivity index (χ3v) is 5.75. The number of hydrogen-bond acceptors (Lipinski definition) is 4. The Bertz CT molecular complexity index is 1200. The highest BCUT2D eigenvalue weighted by molar-refractivity contribution is 6.00. The Labute approximate surface area is 212 Å². The summed E-state index contributed by atoms with van der Waals surface area (Å²) in [5.74, 6) is 0.606. The number of aliphatic hydroxyl groups excluding tert-OH is 1. The minimum absolute atomic E-state index is 0. The second kappa shape index (κ2) is 12.2. The number of aryl methyl sites for hydroxylation is 1. The molecular formula is C29H31ClN2O3. The van der Waals surface area contributed by atoms with Crippen molar-refractivity contribution in [3.8, 4) is 5.75 Å². The van der Waals surface area contributed by atoms with Crippen molar-refractivity contribution in [2.24, 2.45) is 0 Å². The number of anilines is 2. The van der Waals surface area contributed by atoms with Crippen LogP contribution in [-0.4, -0.2) is 30.3 Å². The Kier molecular flexibility index (Phi) is 9.12. The smallest absolute Gasteiger partial charge is 0.248 e. The maximum Gasteiger partial charge on any atom is 0.248 e. The fraction of sp³-hybridized carbons (Fsp3) is 0.207. The molecule has 3 aromatic rings. The van der Waals surface area contributed by atoms with Crippen molar-refractivity contribution in [1.29, 1.82) is 0 Å². The molecule has 0 aliphatic carbocycles. The summed E-state index contributed by atoms with van der Waals surface area (Å²) in [6, 6.07) is 22.0. The third kappa shape index (κ3) is 6.75. The molecule has 3 N–H and O–H groups in total. The molecule has 1 unspecified atom stereocenters. The van der Waals surface area contributed by atoms with Gasteiger partial charge in [-0.15, -0.1) is 12.4 Å². The van der Waals surface area contributed by atoms with Crippen molar-refractivity contribution in [2.45, 2.75) is 26.4 Å². The number of aliphatic hydroxyl groups is 1. The summed E-state index contributed by atoms with van der Waals surface area (Å²) in [7, 11) is 0. The molecule has 1 heterocycles. The van der Waals surface area contributed by atoms with Gasteiger partial charge in [-0.2, -0.15) is 0 Å². The van der Waals surface area contributed by atoms with Gasteiger partial charge in [0, 0.05) is 36.0 Å². The lowest BCUT2D eigenvalue weighted by Crippen LogP contribution is -2.28. The van der Waals surface area contributed by atoms with E-state index in [1.54, 1.807) is 6.08 Å². The summed E-state index contributed by atoms with van der Waals surface area (Å²) in [5, 5.41) is 16.1. The van der Waals surface area contributed by atoms with Crippen molar-refractivity contribution in [2.75, 3.05) is 23.8 Å². The maximum absolute atomic E-state index is 12.7. The van der Waals surface area contributed by atoms with Crippen molar-refractivity contribution in [3.05, 3.63) is 107 Å². The lowest BCUT2D eigenvalue weighted by atomic mass is 9.96. The van der Waals surface area contributed by atoms with Gasteiger partial charge in [-0.3, -0.25) is 4.79 Å². The number of carbonyl (C=O) groups is 1. The van der Waals surface area contributed by atoms with Gasteiger partial charge in [-0.1, -0.05) is 60.2 Å². The minimum Gasteiger partial charge on any atom is -0.494 e. The quantitative estimate of drug-likeness (QED) is 0.290. The molecule has 0 saturated carbocycles. The predicted octanol–water partition coefficient (Wildman–Crippen LogP) is 5.77. The van der Waals surface area contributed by atoms with Gasteiger partial charge in [-0.25, -0.2) is 0 Å². The molecular weight excluding hydrogens is 460 g/mol. The zero-order valence-electron chi connectivity index (χ0n) is 20.0. The highest BCUT2D eigenvalue weighted by Crippen LogP contribution is 2.29. The number of rotatable bonds is 7. The number of allylic oxidation sites excluding steroid dienone is 2. The van der Waals surface area contributed by atoms with Crippen LogP contribution in [0, 0.1) is 6.92 Å². The van der Waals surface area contributed by atoms with Crippen LogP contribution in [0.15, 0.2) is 85.0 Å². The predicted molar refractivity (Wildman–Crippen MR) is 146 cm³/mol. The van der Waals surface area contributed by atoms with E-state index >= 15 is 0 Å². The molecule has 0 aromatic heterocycles. The molecule has 1 aliphatic rings. The number of nitrogens with one attached hydrogen (secondary N) is 2. The number of halogens is 1. The van der Waals surface area contributed by atoms with E-state index in [2.05, 4.69) is 41.8 Å². The van der Waals surface area contributed by atoms with Crippen LogP contribution in [-0.2, 0) is 11.2 Å². The van der Waals surface area contributed by atoms with E-state index in [4.69, 9.17) is 4.74 Å². The van der Waals surface area contributed by atoms with Crippen molar-refractivity contribution in [3.63, 3.8) is 0 Å². The van der Waals surface area contributed by atoms with Crippen LogP contribution in [0.3, 0.4) is 0 Å². The second-order valence-corrected chi connectivity index (χ2v) is 8.32. The normalized spacial score (nSPS) is 15.1. The second-order valence-electron chi connectivity index (χ2n) is 8.32. The first kappa shape index (κ1) is 26.1. The van der Waals surface area contributed by atoms with Crippen LogP contribution < -0.4 is 15.4 Å². The summed E-state index contributed by atoms with van der Waals surface area (Å²) < 4.78 is 5.57. The Morgan fingerprint density at radius 2 is 1.77 bits per heavy atom. The molecule has 3 aromatic carbocycles. The Morgan fingerprint density at radius 3 is 2.46 bits per heavy atom. The SMILES string of the molecule is CCOc1ccc(/C(=C/C=C/C(=O)Nc2cccc3c2CC(O)CN3)c2ccc(C)cc2)cc1.Cl. The molecule has 5 nitrogen and oxygen atoms in total. The molecule has 1 atom stereocenters. The number of β-amino-alcohol motifs (C(OH)–C–C–N with tert-alkyl or cyclic N) is 1. The molecule has 0 radical (unpaired) electrons. The Balaban J connectivity index is 0.00000342. The zero-order valence-corrected chi connectivity index (χ0v) is 20.8. The summed E-state index contributed by atoms with van der Waals surface area (Å²) in [6.45, 7) is 5.16. The molecule has 0 spiro atoms. The molecule has 1 aliphatic heterocycles. The summed E-state index contributed by atoms with van der Waals surface area (Å²) in [4.78, 5) is 12.7. The summed E-state index contributed by atoms with van der Waals surface area (Å²) in [5.41, 5.74) is 6.89. The topological polar surface area (TPSA) is 70.6 Å². The standard InChI is InChI=1S/C29H30N2O3.ClH/c1-3-34-24-16-14-22(15-17-24)25(21-12-10-20(2)11-13-21)6-4-9-29(33)31-28-8-5-7-27-26(28)18-23(32)19-30-27;/h4-17,23,30,32H,3,18-19H2,1-2H3,(H,31,33);1H/b9-4+,25-6+;. The monoisotopic (exact) mass is 490 g/mol. The first-order chi connectivity index (χ1) is 16.5. The van der Waals surface area contributed by atoms with Gasteiger partial charge < -0.3 is 20.5 Å². The number of ether oxygens (including phenoxy) is 1. The van der Waals surface area contributed by atoms with Crippen LogP contribution in [0.25, 0.3) is 5.57 Å². The average molecular weight is 491 g/mol. The van der Waals surface area contributed by atoms with Gasteiger partial charge in [0.15, 0.2) is 0 Å². The van der Waals surface area contributed by atoms with E-state index in [0.29, 0.717) is 25.3 Å². The Hall–Kier alpha value is -3.54. The number of fused-ring (bicyclic) bond motifs is 1. The molecule has 182 valence electrons. The molecule has 4 rings (SSSR count). The lowest BCUT2D eigenvalue weighted by Gasteiger charge is -2.24. The van der Waals surface area contributed by atoms with Crippen LogP contribution in [0.2, 0.25) is 0 Å². The number of benzene rings is 3. The molecule has 35 heavy (non-hydrogen) atoms.